The summed E-state index contributed by atoms with van der Waals surface area (Å²) in [5, 5.41) is 19.2. The van der Waals surface area contributed by atoms with Crippen molar-refractivity contribution in [1.82, 2.24) is 4.68 Å². The summed E-state index contributed by atoms with van der Waals surface area (Å²) >= 11 is 4.55. The summed E-state index contributed by atoms with van der Waals surface area (Å²) < 4.78 is 35.3. The normalized spacial score (nSPS) is 13.6. The van der Waals surface area contributed by atoms with Gasteiger partial charge in [0.05, 0.1) is 17.6 Å². The van der Waals surface area contributed by atoms with Crippen molar-refractivity contribution in [3.8, 4) is 22.8 Å². The van der Waals surface area contributed by atoms with Crippen molar-refractivity contribution in [2.75, 3.05) is 11.9 Å². The molecule has 1 aliphatic heterocycles. The first-order valence-corrected chi connectivity index (χ1v) is 11.8. The quantitative estimate of drug-likeness (QED) is 0.329. The van der Waals surface area contributed by atoms with E-state index in [0.29, 0.717) is 33.1 Å². The third kappa shape index (κ3) is 4.86. The minimum absolute atomic E-state index is 0.0195. The molecule has 7 nitrogen and oxygen atoms in total. The number of anilines is 1. The van der Waals surface area contributed by atoms with Gasteiger partial charge < -0.3 is 15.2 Å². The van der Waals surface area contributed by atoms with Crippen LogP contribution in [0.3, 0.4) is 0 Å². The number of hydrogen-bond donors (Lipinski definition) is 2. The van der Waals surface area contributed by atoms with Crippen LogP contribution in [-0.4, -0.2) is 28.5 Å². The third-order valence-corrected chi connectivity index (χ3v) is 6.33. The number of carbonyl (C=O) groups is 1. The number of halogens is 3. The van der Waals surface area contributed by atoms with E-state index < -0.39 is 11.6 Å². The summed E-state index contributed by atoms with van der Waals surface area (Å²) in [6.45, 7) is -0.0581. The fraction of sp³-hybridized carbons (Fsp3) is 0.0417. The fourth-order valence-corrected chi connectivity index (χ4v) is 4.58. The molecule has 35 heavy (non-hydrogen) atoms. The van der Waals surface area contributed by atoms with Gasteiger partial charge in [0.15, 0.2) is 12.4 Å². The van der Waals surface area contributed by atoms with Crippen LogP contribution in [0, 0.1) is 11.6 Å². The maximum atomic E-state index is 14.3. The SMILES string of the molecule is O=C1COc2ccc(-c3csc(=Nc4ccc(F)cc4F)n3N=Cc3cc(Br)ccc3O)cc2N1. The Morgan fingerprint density at radius 3 is 2.83 bits per heavy atom. The largest absolute Gasteiger partial charge is 0.507 e. The van der Waals surface area contributed by atoms with Gasteiger partial charge in [0, 0.05) is 27.0 Å². The first kappa shape index (κ1) is 22.9. The van der Waals surface area contributed by atoms with Gasteiger partial charge in [-0.05, 0) is 48.5 Å². The number of phenols is 1. The molecule has 176 valence electrons. The molecule has 2 heterocycles. The van der Waals surface area contributed by atoms with Crippen LogP contribution in [-0.2, 0) is 4.79 Å². The van der Waals surface area contributed by atoms with Gasteiger partial charge in [-0.2, -0.15) is 5.10 Å². The van der Waals surface area contributed by atoms with Crippen LogP contribution in [0.2, 0.25) is 0 Å². The van der Waals surface area contributed by atoms with Crippen LogP contribution in [0.15, 0.2) is 74.5 Å². The van der Waals surface area contributed by atoms with Crippen molar-refractivity contribution in [2.24, 2.45) is 10.1 Å². The molecule has 3 aromatic carbocycles. The molecular formula is C24H15BrF2N4O3S. The summed E-state index contributed by atoms with van der Waals surface area (Å²) in [5.41, 5.74) is 2.16. The number of nitrogens with zero attached hydrogens (tertiary/aromatic N) is 3. The molecule has 0 spiro atoms. The Bertz CT molecular complexity index is 1560. The van der Waals surface area contributed by atoms with Crippen molar-refractivity contribution < 1.29 is 23.4 Å². The van der Waals surface area contributed by atoms with E-state index in [4.69, 9.17) is 4.74 Å². The Hall–Kier alpha value is -3.83. The van der Waals surface area contributed by atoms with Gasteiger partial charge in [-0.25, -0.2) is 18.4 Å². The highest BCUT2D eigenvalue weighted by molar-refractivity contribution is 9.10. The minimum Gasteiger partial charge on any atom is -0.507 e. The highest BCUT2D eigenvalue weighted by atomic mass is 79.9. The van der Waals surface area contributed by atoms with E-state index in [2.05, 4.69) is 31.3 Å². The van der Waals surface area contributed by atoms with E-state index in [9.17, 15) is 18.7 Å². The lowest BCUT2D eigenvalue weighted by atomic mass is 10.1. The molecule has 0 radical (unpaired) electrons. The zero-order valence-corrected chi connectivity index (χ0v) is 20.1. The number of ether oxygens (including phenoxy) is 1. The van der Waals surface area contributed by atoms with E-state index >= 15 is 0 Å². The second-order valence-electron chi connectivity index (χ2n) is 7.42. The van der Waals surface area contributed by atoms with Crippen LogP contribution in [0.4, 0.5) is 20.2 Å². The second kappa shape index (κ2) is 9.43. The third-order valence-electron chi connectivity index (χ3n) is 5.02. The van der Waals surface area contributed by atoms with Crippen LogP contribution in [0.25, 0.3) is 11.3 Å². The summed E-state index contributed by atoms with van der Waals surface area (Å²) in [6.07, 6.45) is 1.44. The van der Waals surface area contributed by atoms with E-state index in [1.807, 2.05) is 0 Å². The summed E-state index contributed by atoms with van der Waals surface area (Å²) in [6, 6.07) is 13.3. The number of thiazole rings is 1. The Morgan fingerprint density at radius 1 is 1.14 bits per heavy atom. The van der Waals surface area contributed by atoms with E-state index in [0.717, 1.165) is 16.6 Å². The number of aromatic hydroxyl groups is 1. The number of benzene rings is 3. The second-order valence-corrected chi connectivity index (χ2v) is 9.17. The molecular weight excluding hydrogens is 542 g/mol. The molecule has 1 aliphatic rings. The molecule has 4 aromatic rings. The lowest BCUT2D eigenvalue weighted by Gasteiger charge is -2.18. The highest BCUT2D eigenvalue weighted by Gasteiger charge is 2.18. The predicted molar refractivity (Wildman–Crippen MR) is 132 cm³/mol. The smallest absolute Gasteiger partial charge is 0.262 e. The maximum absolute atomic E-state index is 14.3. The van der Waals surface area contributed by atoms with E-state index in [-0.39, 0.29) is 24.0 Å². The molecule has 0 bridgehead atoms. The average molecular weight is 557 g/mol. The van der Waals surface area contributed by atoms with Gasteiger partial charge >= 0.3 is 0 Å². The van der Waals surface area contributed by atoms with Crippen molar-refractivity contribution in [3.05, 3.63) is 86.4 Å². The highest BCUT2D eigenvalue weighted by Crippen LogP contribution is 2.33. The molecule has 1 aromatic heterocycles. The van der Waals surface area contributed by atoms with Crippen molar-refractivity contribution in [2.45, 2.75) is 0 Å². The zero-order valence-electron chi connectivity index (χ0n) is 17.7. The van der Waals surface area contributed by atoms with Crippen molar-refractivity contribution in [1.29, 1.82) is 0 Å². The molecule has 0 atom stereocenters. The fourth-order valence-electron chi connectivity index (χ4n) is 3.35. The van der Waals surface area contributed by atoms with Crippen molar-refractivity contribution >= 4 is 50.8 Å². The number of amides is 1. The number of fused-ring (bicyclic) bond motifs is 1. The molecule has 0 unspecified atom stereocenters. The minimum atomic E-state index is -0.811. The molecule has 1 amide bonds. The zero-order chi connectivity index (χ0) is 24.5. The summed E-state index contributed by atoms with van der Waals surface area (Å²) in [5.74, 6) is -1.23. The standard InChI is InChI=1S/C24H15BrF2N4O3S/c25-15-2-5-21(32)14(7-15)10-28-31-20(13-1-6-22-19(8-13)29-23(33)11-34-22)12-35-24(31)30-18-4-3-16(26)9-17(18)27/h1-10,12,32H,11H2,(H,29,33). The molecule has 11 heteroatoms. The Kier molecular flexibility index (Phi) is 6.18. The van der Waals surface area contributed by atoms with E-state index in [1.54, 1.807) is 35.7 Å². The molecule has 5 rings (SSSR count). The molecule has 0 saturated heterocycles. The van der Waals surface area contributed by atoms with Gasteiger partial charge in [-0.1, -0.05) is 15.9 Å². The lowest BCUT2D eigenvalue weighted by molar-refractivity contribution is -0.118. The van der Waals surface area contributed by atoms with Crippen LogP contribution in [0.1, 0.15) is 5.56 Å². The van der Waals surface area contributed by atoms with E-state index in [1.165, 1.54) is 34.4 Å². The lowest BCUT2D eigenvalue weighted by Crippen LogP contribution is -2.25. The maximum Gasteiger partial charge on any atom is 0.262 e. The first-order chi connectivity index (χ1) is 16.9. The first-order valence-electron chi connectivity index (χ1n) is 10.2. The Morgan fingerprint density at radius 2 is 2.00 bits per heavy atom. The molecule has 2 N–H and O–H groups in total. The Labute approximate surface area is 209 Å². The predicted octanol–water partition coefficient (Wildman–Crippen LogP) is 5.41. The number of hydrogen-bond acceptors (Lipinski definition) is 6. The number of aromatic nitrogens is 1. The number of phenolic OH excluding ortho intramolecular Hbond substituents is 1. The summed E-state index contributed by atoms with van der Waals surface area (Å²) in [4.78, 5) is 16.4. The number of rotatable bonds is 4. The van der Waals surface area contributed by atoms with Gasteiger partial charge in [0.25, 0.3) is 5.91 Å². The molecule has 0 saturated carbocycles. The van der Waals surface area contributed by atoms with Gasteiger partial charge in [-0.15, -0.1) is 11.3 Å². The monoisotopic (exact) mass is 556 g/mol. The number of nitrogens with one attached hydrogen (secondary N) is 1. The Balaban J connectivity index is 1.66. The van der Waals surface area contributed by atoms with Crippen molar-refractivity contribution in [3.63, 3.8) is 0 Å². The summed E-state index contributed by atoms with van der Waals surface area (Å²) in [7, 11) is 0. The number of carbonyl (C=O) groups excluding carboxylic acids is 1. The van der Waals surface area contributed by atoms with Gasteiger partial charge in [-0.3, -0.25) is 4.79 Å². The topological polar surface area (TPSA) is 88.2 Å². The van der Waals surface area contributed by atoms with Crippen LogP contribution < -0.4 is 14.9 Å². The average Bonchev–Trinajstić information content (AvgIpc) is 3.23. The van der Waals surface area contributed by atoms with Crippen LogP contribution in [0.5, 0.6) is 11.5 Å². The van der Waals surface area contributed by atoms with Gasteiger partial charge in [0.1, 0.15) is 23.0 Å². The van der Waals surface area contributed by atoms with Crippen LogP contribution >= 0.6 is 27.3 Å². The van der Waals surface area contributed by atoms with Gasteiger partial charge in [0.2, 0.25) is 4.80 Å². The molecule has 0 aliphatic carbocycles. The molecule has 0 fully saturated rings.